The van der Waals surface area contributed by atoms with Crippen molar-refractivity contribution in [2.24, 2.45) is 0 Å². The third-order valence-electron chi connectivity index (χ3n) is 3.26. The first-order chi connectivity index (χ1) is 11.7. The van der Waals surface area contributed by atoms with Gasteiger partial charge in [-0.3, -0.25) is 0 Å². The van der Waals surface area contributed by atoms with Gasteiger partial charge in [0.05, 0.1) is 13.4 Å². The lowest BCUT2D eigenvalue weighted by Gasteiger charge is -2.22. The van der Waals surface area contributed by atoms with Gasteiger partial charge in [-0.1, -0.05) is 0 Å². The van der Waals surface area contributed by atoms with E-state index in [2.05, 4.69) is 20.3 Å². The molecule has 0 aliphatic rings. The maximum atomic E-state index is 11.9. The summed E-state index contributed by atoms with van der Waals surface area (Å²) in [4.78, 5) is 36.0. The fourth-order valence-corrected chi connectivity index (χ4v) is 2.17. The van der Waals surface area contributed by atoms with Crippen LogP contribution in [-0.4, -0.2) is 50.3 Å². The number of aromatic nitrogens is 4. The molecule has 0 fully saturated rings. The highest BCUT2D eigenvalue weighted by molar-refractivity contribution is 5.82. The molecule has 0 aliphatic carbocycles. The average molecular weight is 350 g/mol. The molecule has 0 spiro atoms. The predicted molar refractivity (Wildman–Crippen MR) is 89.5 cm³/mol. The number of imidazole rings is 1. The molecule has 1 atom stereocenters. The Bertz CT molecular complexity index is 767. The number of ether oxygens (including phenoxy) is 2. The van der Waals surface area contributed by atoms with Crippen molar-refractivity contribution in [3.05, 3.63) is 12.7 Å². The Kier molecular flexibility index (Phi) is 5.40. The van der Waals surface area contributed by atoms with Crippen LogP contribution in [0, 0.1) is 0 Å². The molecule has 0 aliphatic heterocycles. The first-order valence-corrected chi connectivity index (χ1v) is 7.70. The number of nitrogen functional groups attached to an aromatic ring is 1. The molecule has 25 heavy (non-hydrogen) atoms. The van der Waals surface area contributed by atoms with Gasteiger partial charge in [0.15, 0.2) is 11.5 Å². The van der Waals surface area contributed by atoms with E-state index >= 15 is 0 Å². The molecule has 3 N–H and O–H groups in total. The molecule has 10 nitrogen and oxygen atoms in total. The number of hydrogen-bond donors (Lipinski definition) is 2. The number of hydrogen-bond acceptors (Lipinski definition) is 8. The number of alkyl carbamates (subject to hydrolysis) is 1. The van der Waals surface area contributed by atoms with E-state index in [9.17, 15) is 9.59 Å². The second-order valence-corrected chi connectivity index (χ2v) is 6.38. The standard InChI is InChI=1S/C15H22N6O4/c1-15(2,3)25-14(23)20-9(13(22)24-4)5-6-21-8-19-10-11(16)17-7-18-12(10)21/h7-9H,5-6H2,1-4H3,(H,20,23)(H2,16,17,18)/t9-/m0/s1. The van der Waals surface area contributed by atoms with Crippen molar-refractivity contribution in [2.45, 2.75) is 45.4 Å². The third kappa shape index (κ3) is 4.78. The molecule has 0 bridgehead atoms. The van der Waals surface area contributed by atoms with E-state index < -0.39 is 23.7 Å². The number of esters is 1. The molecule has 0 radical (unpaired) electrons. The number of nitrogens with one attached hydrogen (secondary N) is 1. The summed E-state index contributed by atoms with van der Waals surface area (Å²) in [5, 5.41) is 2.52. The maximum Gasteiger partial charge on any atom is 0.408 e. The first-order valence-electron chi connectivity index (χ1n) is 7.70. The Morgan fingerprint density at radius 3 is 2.68 bits per heavy atom. The molecule has 2 aromatic rings. The predicted octanol–water partition coefficient (Wildman–Crippen LogP) is 0.865. The Morgan fingerprint density at radius 2 is 2.04 bits per heavy atom. The fraction of sp³-hybridized carbons (Fsp3) is 0.533. The van der Waals surface area contributed by atoms with E-state index in [4.69, 9.17) is 15.2 Å². The lowest BCUT2D eigenvalue weighted by Crippen LogP contribution is -2.44. The van der Waals surface area contributed by atoms with Gasteiger partial charge < -0.3 is 25.1 Å². The van der Waals surface area contributed by atoms with Crippen molar-refractivity contribution >= 4 is 29.0 Å². The summed E-state index contributed by atoms with van der Waals surface area (Å²) < 4.78 is 11.6. The maximum absolute atomic E-state index is 11.9. The molecular weight excluding hydrogens is 328 g/mol. The van der Waals surface area contributed by atoms with Gasteiger partial charge in [0.2, 0.25) is 0 Å². The van der Waals surface area contributed by atoms with Crippen LogP contribution in [0.15, 0.2) is 12.7 Å². The normalized spacial score (nSPS) is 12.6. The molecule has 0 aromatic carbocycles. The molecule has 0 saturated carbocycles. The van der Waals surface area contributed by atoms with E-state index in [1.165, 1.54) is 13.4 Å². The number of methoxy groups -OCH3 is 1. The quantitative estimate of drug-likeness (QED) is 0.758. The molecule has 136 valence electrons. The highest BCUT2D eigenvalue weighted by atomic mass is 16.6. The first kappa shape index (κ1) is 18.4. The number of anilines is 1. The zero-order chi connectivity index (χ0) is 18.6. The van der Waals surface area contributed by atoms with Gasteiger partial charge in [0.1, 0.15) is 23.5 Å². The van der Waals surface area contributed by atoms with Gasteiger partial charge in [-0.25, -0.2) is 24.5 Å². The second kappa shape index (κ2) is 7.32. The summed E-state index contributed by atoms with van der Waals surface area (Å²) in [6, 6.07) is -0.864. The van der Waals surface area contributed by atoms with E-state index in [0.717, 1.165) is 0 Å². The summed E-state index contributed by atoms with van der Waals surface area (Å²) in [6.45, 7) is 5.58. The number of carbonyl (C=O) groups is 2. The highest BCUT2D eigenvalue weighted by Crippen LogP contribution is 2.15. The van der Waals surface area contributed by atoms with Crippen molar-refractivity contribution in [1.29, 1.82) is 0 Å². The molecule has 0 unspecified atom stereocenters. The minimum atomic E-state index is -0.864. The largest absolute Gasteiger partial charge is 0.467 e. The van der Waals surface area contributed by atoms with E-state index in [0.29, 0.717) is 17.7 Å². The van der Waals surface area contributed by atoms with Crippen LogP contribution in [0.25, 0.3) is 11.2 Å². The monoisotopic (exact) mass is 350 g/mol. The number of aryl methyl sites for hydroxylation is 1. The van der Waals surface area contributed by atoms with Crippen LogP contribution in [-0.2, 0) is 20.8 Å². The zero-order valence-electron chi connectivity index (χ0n) is 14.6. The lowest BCUT2D eigenvalue weighted by atomic mass is 10.2. The molecule has 0 saturated heterocycles. The summed E-state index contributed by atoms with van der Waals surface area (Å²) in [5.74, 6) is -0.287. The summed E-state index contributed by atoms with van der Waals surface area (Å²) in [6.07, 6.45) is 2.47. The van der Waals surface area contributed by atoms with Crippen molar-refractivity contribution in [2.75, 3.05) is 12.8 Å². The second-order valence-electron chi connectivity index (χ2n) is 6.38. The summed E-state index contributed by atoms with van der Waals surface area (Å²) in [5.41, 5.74) is 6.11. The van der Waals surface area contributed by atoms with Crippen LogP contribution in [0.2, 0.25) is 0 Å². The van der Waals surface area contributed by atoms with Crippen LogP contribution in [0.4, 0.5) is 10.6 Å². The average Bonchev–Trinajstić information content (AvgIpc) is 2.93. The molecule has 2 aromatic heterocycles. The van der Waals surface area contributed by atoms with Crippen molar-refractivity contribution < 1.29 is 19.1 Å². The van der Waals surface area contributed by atoms with Crippen molar-refractivity contribution in [3.63, 3.8) is 0 Å². The van der Waals surface area contributed by atoms with Crippen LogP contribution in [0.5, 0.6) is 0 Å². The van der Waals surface area contributed by atoms with Crippen molar-refractivity contribution in [3.8, 4) is 0 Å². The van der Waals surface area contributed by atoms with Gasteiger partial charge in [-0.15, -0.1) is 0 Å². The van der Waals surface area contributed by atoms with E-state index in [-0.39, 0.29) is 12.2 Å². The molecule has 2 heterocycles. The summed E-state index contributed by atoms with van der Waals surface area (Å²) in [7, 11) is 1.26. The van der Waals surface area contributed by atoms with Crippen molar-refractivity contribution in [1.82, 2.24) is 24.8 Å². The topological polar surface area (TPSA) is 134 Å². The minimum Gasteiger partial charge on any atom is -0.467 e. The number of amides is 1. The molecule has 10 heteroatoms. The number of rotatable bonds is 5. The van der Waals surface area contributed by atoms with Crippen LogP contribution >= 0.6 is 0 Å². The van der Waals surface area contributed by atoms with Gasteiger partial charge in [-0.05, 0) is 27.2 Å². The van der Waals surface area contributed by atoms with Gasteiger partial charge in [0, 0.05) is 6.54 Å². The smallest absolute Gasteiger partial charge is 0.408 e. The zero-order valence-corrected chi connectivity index (χ0v) is 14.6. The van der Waals surface area contributed by atoms with E-state index in [1.54, 1.807) is 31.7 Å². The molecule has 1 amide bonds. The lowest BCUT2D eigenvalue weighted by molar-refractivity contribution is -0.143. The Morgan fingerprint density at radius 1 is 1.32 bits per heavy atom. The summed E-state index contributed by atoms with van der Waals surface area (Å²) >= 11 is 0. The molecule has 2 rings (SSSR count). The Labute approximate surface area is 144 Å². The van der Waals surface area contributed by atoms with Crippen LogP contribution in [0.1, 0.15) is 27.2 Å². The number of carbonyl (C=O) groups excluding carboxylic acids is 2. The van der Waals surface area contributed by atoms with Crippen LogP contribution < -0.4 is 11.1 Å². The van der Waals surface area contributed by atoms with Gasteiger partial charge in [-0.2, -0.15) is 0 Å². The number of fused-ring (bicyclic) bond motifs is 1. The SMILES string of the molecule is COC(=O)[C@H](CCn1cnc2c(N)ncnc21)NC(=O)OC(C)(C)C. The minimum absolute atomic E-state index is 0.265. The Hall–Kier alpha value is -2.91. The fourth-order valence-electron chi connectivity index (χ4n) is 2.17. The highest BCUT2D eigenvalue weighted by Gasteiger charge is 2.25. The van der Waals surface area contributed by atoms with Crippen LogP contribution in [0.3, 0.4) is 0 Å². The van der Waals surface area contributed by atoms with E-state index in [1.807, 2.05) is 0 Å². The molecular formula is C15H22N6O4. The number of nitrogens with two attached hydrogens (primary N) is 1. The number of nitrogens with zero attached hydrogens (tertiary/aromatic N) is 4. The Balaban J connectivity index is 2.08. The van der Waals surface area contributed by atoms with Gasteiger partial charge in [0.25, 0.3) is 0 Å². The van der Waals surface area contributed by atoms with Gasteiger partial charge >= 0.3 is 12.1 Å². The third-order valence-corrected chi connectivity index (χ3v) is 3.26.